The number of fused-ring (bicyclic) bond motifs is 1. The number of hydrogen-bond acceptors (Lipinski definition) is 2. The largest absolute Gasteiger partial charge is 0.289 e. The van der Waals surface area contributed by atoms with E-state index in [-0.39, 0.29) is 5.78 Å². The molecule has 29 heavy (non-hydrogen) atoms. The lowest BCUT2D eigenvalue weighted by molar-refractivity contribution is 0.104. The van der Waals surface area contributed by atoms with Gasteiger partial charge in [0.25, 0.3) is 0 Å². The Labute approximate surface area is 183 Å². The normalized spacial score (nSPS) is 11.3. The Morgan fingerprint density at radius 3 is 2.45 bits per heavy atom. The summed E-state index contributed by atoms with van der Waals surface area (Å²) in [6.45, 7) is 1.88. The van der Waals surface area contributed by atoms with Gasteiger partial charge in [0.2, 0.25) is 0 Å². The van der Waals surface area contributed by atoms with Crippen molar-refractivity contribution in [2.45, 2.75) is 6.92 Å². The molecule has 0 saturated heterocycles. The standard InChI is InChI=1S/C25H17BrClNO/c1-16-24(23(29)14-9-17-7-10-19(26)11-8-17)25(18-5-3-2-4-6-18)21-15-20(27)12-13-22(21)28-16/h2-15H,1H3. The average molecular weight is 463 g/mol. The summed E-state index contributed by atoms with van der Waals surface area (Å²) >= 11 is 9.70. The maximum absolute atomic E-state index is 13.3. The van der Waals surface area contributed by atoms with Crippen molar-refractivity contribution < 1.29 is 4.79 Å². The predicted molar refractivity (Wildman–Crippen MR) is 124 cm³/mol. The highest BCUT2D eigenvalue weighted by molar-refractivity contribution is 9.10. The molecule has 0 spiro atoms. The fourth-order valence-corrected chi connectivity index (χ4v) is 3.83. The summed E-state index contributed by atoms with van der Waals surface area (Å²) in [6, 6.07) is 23.3. The van der Waals surface area contributed by atoms with Crippen LogP contribution >= 0.6 is 27.5 Å². The second kappa shape index (κ2) is 8.32. The average Bonchev–Trinajstić information content (AvgIpc) is 2.73. The molecule has 0 bridgehead atoms. The van der Waals surface area contributed by atoms with Crippen LogP contribution in [0.25, 0.3) is 28.1 Å². The lowest BCUT2D eigenvalue weighted by Gasteiger charge is -2.14. The fourth-order valence-electron chi connectivity index (χ4n) is 3.39. The van der Waals surface area contributed by atoms with Crippen molar-refractivity contribution in [1.29, 1.82) is 0 Å². The van der Waals surface area contributed by atoms with Gasteiger partial charge in [0.1, 0.15) is 0 Å². The molecule has 0 N–H and O–H groups in total. The second-order valence-electron chi connectivity index (χ2n) is 6.72. The molecule has 4 rings (SSSR count). The van der Waals surface area contributed by atoms with Crippen molar-refractivity contribution in [2.75, 3.05) is 0 Å². The quantitative estimate of drug-likeness (QED) is 0.232. The number of carbonyl (C=O) groups excluding carboxylic acids is 1. The summed E-state index contributed by atoms with van der Waals surface area (Å²) in [5.41, 5.74) is 4.90. The predicted octanol–water partition coefficient (Wildman–Crippen LogP) is 7.52. The van der Waals surface area contributed by atoms with E-state index in [1.807, 2.05) is 85.8 Å². The number of ketones is 1. The van der Waals surface area contributed by atoms with Gasteiger partial charge in [-0.3, -0.25) is 9.78 Å². The van der Waals surface area contributed by atoms with E-state index >= 15 is 0 Å². The Bertz CT molecular complexity index is 1230. The number of hydrogen-bond donors (Lipinski definition) is 0. The maximum Gasteiger partial charge on any atom is 0.188 e. The summed E-state index contributed by atoms with van der Waals surface area (Å²) in [5.74, 6) is -0.0846. The van der Waals surface area contributed by atoms with Crippen LogP contribution in [0, 0.1) is 6.92 Å². The minimum atomic E-state index is -0.0846. The highest BCUT2D eigenvalue weighted by Crippen LogP contribution is 2.35. The zero-order valence-electron chi connectivity index (χ0n) is 15.7. The van der Waals surface area contributed by atoms with Crippen molar-refractivity contribution in [2.24, 2.45) is 0 Å². The van der Waals surface area contributed by atoms with Crippen LogP contribution < -0.4 is 0 Å². The molecule has 0 unspecified atom stereocenters. The van der Waals surface area contributed by atoms with Crippen LogP contribution in [-0.4, -0.2) is 10.8 Å². The maximum atomic E-state index is 13.3. The first kappa shape index (κ1) is 19.6. The summed E-state index contributed by atoms with van der Waals surface area (Å²) in [4.78, 5) is 17.9. The third-order valence-electron chi connectivity index (χ3n) is 4.73. The van der Waals surface area contributed by atoms with E-state index in [4.69, 9.17) is 11.6 Å². The Morgan fingerprint density at radius 2 is 1.72 bits per heavy atom. The van der Waals surface area contributed by atoms with Crippen molar-refractivity contribution >= 4 is 50.3 Å². The Balaban J connectivity index is 1.90. The molecule has 0 aliphatic rings. The number of halogens is 2. The Morgan fingerprint density at radius 1 is 1.00 bits per heavy atom. The number of carbonyl (C=O) groups is 1. The Hall–Kier alpha value is -2.75. The zero-order valence-corrected chi connectivity index (χ0v) is 18.0. The molecule has 0 aliphatic heterocycles. The van der Waals surface area contributed by atoms with Gasteiger partial charge in [-0.05, 0) is 54.5 Å². The molecular weight excluding hydrogens is 446 g/mol. The number of aromatic nitrogens is 1. The van der Waals surface area contributed by atoms with E-state index < -0.39 is 0 Å². The van der Waals surface area contributed by atoms with Crippen LogP contribution in [0.15, 0.2) is 83.3 Å². The van der Waals surface area contributed by atoms with E-state index in [1.54, 1.807) is 6.08 Å². The molecule has 2 nitrogen and oxygen atoms in total. The van der Waals surface area contributed by atoms with Gasteiger partial charge in [-0.1, -0.05) is 76.1 Å². The zero-order chi connectivity index (χ0) is 20.4. The SMILES string of the molecule is Cc1nc2ccc(Cl)cc2c(-c2ccccc2)c1C(=O)C=Cc1ccc(Br)cc1. The minimum Gasteiger partial charge on any atom is -0.289 e. The highest BCUT2D eigenvalue weighted by atomic mass is 79.9. The van der Waals surface area contributed by atoms with Crippen LogP contribution in [0.2, 0.25) is 5.02 Å². The number of nitrogens with zero attached hydrogens (tertiary/aromatic N) is 1. The Kier molecular flexibility index (Phi) is 5.61. The van der Waals surface area contributed by atoms with Crippen LogP contribution in [-0.2, 0) is 0 Å². The van der Waals surface area contributed by atoms with Gasteiger partial charge in [0.15, 0.2) is 5.78 Å². The molecule has 4 aromatic rings. The smallest absolute Gasteiger partial charge is 0.188 e. The fraction of sp³-hybridized carbons (Fsp3) is 0.0400. The van der Waals surface area contributed by atoms with Gasteiger partial charge in [-0.25, -0.2) is 0 Å². The molecular formula is C25H17BrClNO. The number of allylic oxidation sites excluding steroid dienone is 1. The first-order valence-corrected chi connectivity index (χ1v) is 10.3. The molecule has 1 heterocycles. The van der Waals surface area contributed by atoms with Crippen LogP contribution in [0.4, 0.5) is 0 Å². The highest BCUT2D eigenvalue weighted by Gasteiger charge is 2.19. The summed E-state index contributed by atoms with van der Waals surface area (Å²) < 4.78 is 0.999. The van der Waals surface area contributed by atoms with Crippen LogP contribution in [0.3, 0.4) is 0 Å². The van der Waals surface area contributed by atoms with E-state index in [9.17, 15) is 4.79 Å². The van der Waals surface area contributed by atoms with Crippen molar-refractivity contribution in [3.63, 3.8) is 0 Å². The number of aryl methyl sites for hydroxylation is 1. The van der Waals surface area contributed by atoms with Gasteiger partial charge in [0.05, 0.1) is 11.1 Å². The monoisotopic (exact) mass is 461 g/mol. The third-order valence-corrected chi connectivity index (χ3v) is 5.50. The summed E-state index contributed by atoms with van der Waals surface area (Å²) in [5, 5.41) is 1.49. The third kappa shape index (κ3) is 4.16. The molecule has 0 amide bonds. The summed E-state index contributed by atoms with van der Waals surface area (Å²) in [6.07, 6.45) is 3.43. The molecule has 142 valence electrons. The van der Waals surface area contributed by atoms with Crippen molar-refractivity contribution in [3.8, 4) is 11.1 Å². The van der Waals surface area contributed by atoms with Gasteiger partial charge in [-0.2, -0.15) is 0 Å². The van der Waals surface area contributed by atoms with E-state index in [0.29, 0.717) is 16.3 Å². The minimum absolute atomic E-state index is 0.0846. The lowest BCUT2D eigenvalue weighted by Crippen LogP contribution is -2.05. The van der Waals surface area contributed by atoms with Gasteiger partial charge < -0.3 is 0 Å². The van der Waals surface area contributed by atoms with Crippen molar-refractivity contribution in [1.82, 2.24) is 4.98 Å². The molecule has 0 fully saturated rings. The van der Waals surface area contributed by atoms with Crippen molar-refractivity contribution in [3.05, 3.63) is 105 Å². The molecule has 3 aromatic carbocycles. The van der Waals surface area contributed by atoms with Crippen LogP contribution in [0.5, 0.6) is 0 Å². The second-order valence-corrected chi connectivity index (χ2v) is 8.08. The first-order valence-electron chi connectivity index (χ1n) is 9.16. The number of pyridine rings is 1. The molecule has 0 radical (unpaired) electrons. The molecule has 0 saturated carbocycles. The van der Waals surface area contributed by atoms with E-state index in [2.05, 4.69) is 20.9 Å². The topological polar surface area (TPSA) is 30.0 Å². The van der Waals surface area contributed by atoms with Gasteiger partial charge in [0, 0.05) is 26.1 Å². The number of rotatable bonds is 4. The summed E-state index contributed by atoms with van der Waals surface area (Å²) in [7, 11) is 0. The molecule has 0 aliphatic carbocycles. The molecule has 4 heteroatoms. The van der Waals surface area contributed by atoms with Gasteiger partial charge in [-0.15, -0.1) is 0 Å². The number of benzene rings is 3. The van der Waals surface area contributed by atoms with E-state index in [0.717, 1.165) is 32.1 Å². The van der Waals surface area contributed by atoms with E-state index in [1.165, 1.54) is 0 Å². The molecule has 0 atom stereocenters. The molecule has 1 aromatic heterocycles. The van der Waals surface area contributed by atoms with Gasteiger partial charge >= 0.3 is 0 Å². The lowest BCUT2D eigenvalue weighted by atomic mass is 9.92. The van der Waals surface area contributed by atoms with Crippen LogP contribution in [0.1, 0.15) is 21.6 Å². The first-order chi connectivity index (χ1) is 14.0.